The highest BCUT2D eigenvalue weighted by molar-refractivity contribution is 7.34. The Kier molecular flexibility index (Phi) is 10.6. The number of nitrogens with one attached hydrogen (secondary N) is 1. The molecule has 1 fully saturated rings. The van der Waals surface area contributed by atoms with Crippen molar-refractivity contribution >= 4 is 14.1 Å². The molecule has 41 heavy (non-hydrogen) atoms. The number of benzene rings is 1. The molecule has 3 rings (SSSR count). The Morgan fingerprint density at radius 3 is 2.71 bits per heavy atom. The van der Waals surface area contributed by atoms with Crippen LogP contribution in [-0.2, 0) is 14.3 Å². The first-order chi connectivity index (χ1) is 19.4. The lowest BCUT2D eigenvalue weighted by molar-refractivity contribution is -0.169. The number of esters is 1. The summed E-state index contributed by atoms with van der Waals surface area (Å²) in [6, 6.07) is 4.48. The molecule has 0 radical (unpaired) electrons. The van der Waals surface area contributed by atoms with Gasteiger partial charge in [-0.3, -0.25) is 18.9 Å². The van der Waals surface area contributed by atoms with E-state index in [4.69, 9.17) is 24.3 Å². The second-order valence-electron chi connectivity index (χ2n) is 9.55. The van der Waals surface area contributed by atoms with Crippen molar-refractivity contribution in [3.63, 3.8) is 0 Å². The van der Waals surface area contributed by atoms with E-state index in [0.717, 1.165) is 16.8 Å². The fraction of sp³-hybridized carbons (Fsp3) is 0.542. The molecule has 0 spiro atoms. The zero-order chi connectivity index (χ0) is 30.3. The van der Waals surface area contributed by atoms with Gasteiger partial charge in [-0.05, 0) is 43.3 Å². The zero-order valence-electron chi connectivity index (χ0n) is 22.7. The Bertz CT molecular complexity index is 1440. The Balaban J connectivity index is 1.82. The van der Waals surface area contributed by atoms with Crippen molar-refractivity contribution in [3.05, 3.63) is 67.3 Å². The summed E-state index contributed by atoms with van der Waals surface area (Å²) in [5.41, 5.74) is 5.93. The van der Waals surface area contributed by atoms with Crippen LogP contribution >= 0.6 is 8.17 Å². The number of nitrogens with zero attached hydrogens (tertiary/aromatic N) is 5. The number of azide groups is 1. The minimum absolute atomic E-state index is 0.0750. The van der Waals surface area contributed by atoms with E-state index in [1.807, 2.05) is 18.8 Å². The molecule has 0 aliphatic carbocycles. The van der Waals surface area contributed by atoms with Crippen LogP contribution < -0.4 is 25.4 Å². The monoisotopic (exact) mass is 594 g/mol. The molecule has 2 aromatic rings. The number of carbonyl (C=O) groups is 1. The number of ether oxygens (including phenoxy) is 3. The highest BCUT2D eigenvalue weighted by Gasteiger charge is 2.56. The molecule has 17 heteroatoms. The van der Waals surface area contributed by atoms with Crippen molar-refractivity contribution in [3.8, 4) is 11.5 Å². The lowest BCUT2D eigenvalue weighted by Gasteiger charge is -2.27. The van der Waals surface area contributed by atoms with E-state index in [1.54, 1.807) is 19.9 Å². The van der Waals surface area contributed by atoms with Gasteiger partial charge in [-0.25, -0.2) is 9.59 Å². The van der Waals surface area contributed by atoms with Gasteiger partial charge in [-0.2, -0.15) is 0 Å². The molecule has 0 bridgehead atoms. The number of aromatic nitrogens is 2. The first-order valence-corrected chi connectivity index (χ1v) is 13.7. The van der Waals surface area contributed by atoms with E-state index < -0.39 is 62.2 Å². The number of aliphatic hydroxyl groups is 2. The maximum Gasteiger partial charge on any atom is 0.395 e. The second-order valence-corrected chi connectivity index (χ2v) is 10.4. The number of hydrogen-bond donors (Lipinski definition) is 3. The summed E-state index contributed by atoms with van der Waals surface area (Å²) in [6.07, 6.45) is -3.74. The number of hydrogen-bond acceptors (Lipinski definition) is 12. The molecule has 0 saturated carbocycles. The third-order valence-electron chi connectivity index (χ3n) is 6.01. The highest BCUT2D eigenvalue weighted by atomic mass is 31.1. The van der Waals surface area contributed by atoms with Crippen molar-refractivity contribution in [2.24, 2.45) is 15.8 Å². The smallest absolute Gasteiger partial charge is 0.395 e. The van der Waals surface area contributed by atoms with Gasteiger partial charge in [0.05, 0.1) is 6.61 Å². The van der Waals surface area contributed by atoms with E-state index in [-0.39, 0.29) is 24.0 Å². The predicted octanol–water partition coefficient (Wildman–Crippen LogP) is 1.39. The van der Waals surface area contributed by atoms with E-state index in [9.17, 15) is 29.5 Å². The third-order valence-corrected chi connectivity index (χ3v) is 6.84. The number of carbonyl (C=O) groups excluding carboxylic acids is 1. The molecule has 1 aromatic carbocycles. The summed E-state index contributed by atoms with van der Waals surface area (Å²) in [4.78, 5) is 53.2. The van der Waals surface area contributed by atoms with Gasteiger partial charge in [0.25, 0.3) is 5.56 Å². The Morgan fingerprint density at radius 1 is 1.34 bits per heavy atom. The van der Waals surface area contributed by atoms with Crippen molar-refractivity contribution < 1.29 is 38.6 Å². The maximum atomic E-state index is 12.6. The number of aryl methyl sites for hydroxylation is 1. The molecule has 6 atom stereocenters. The predicted molar refractivity (Wildman–Crippen MR) is 142 cm³/mol. The molecular formula is C24H31N6O10P. The molecule has 1 unspecified atom stereocenters. The van der Waals surface area contributed by atoms with Gasteiger partial charge in [0.2, 0.25) is 5.72 Å². The normalized spacial score (nSPS) is 23.1. The van der Waals surface area contributed by atoms with Crippen molar-refractivity contribution in [1.29, 1.82) is 0 Å². The average Bonchev–Trinajstić information content (AvgIpc) is 3.14. The van der Waals surface area contributed by atoms with E-state index in [2.05, 4.69) is 14.8 Å². The maximum absolute atomic E-state index is 12.6. The molecule has 2 heterocycles. The van der Waals surface area contributed by atoms with Crippen LogP contribution in [0.3, 0.4) is 0 Å². The van der Waals surface area contributed by atoms with Gasteiger partial charge in [-0.1, -0.05) is 29.8 Å². The Hall–Kier alpha value is -3.78. The molecule has 3 N–H and O–H groups in total. The SMILES string of the molecule is CCOC(=O)[C@H](CC(C)C)N=[P+]([O-])Oc1ccc(C)c(OC[C@@]2(N=[N+]=[N-])O[C@@H](n3ccc(=O)[nH]c3=O)[C@H](O)[C@@H]2O)c1. The van der Waals surface area contributed by atoms with Crippen LogP contribution in [0.2, 0.25) is 0 Å². The Labute approximate surface area is 234 Å². The molecule has 1 saturated heterocycles. The summed E-state index contributed by atoms with van der Waals surface area (Å²) in [5, 5.41) is 24.9. The van der Waals surface area contributed by atoms with Crippen molar-refractivity contribution in [2.45, 2.75) is 64.3 Å². The quantitative estimate of drug-likeness (QED) is 0.105. The number of aromatic amines is 1. The topological polar surface area (TPSA) is 233 Å². The van der Waals surface area contributed by atoms with E-state index >= 15 is 0 Å². The molecule has 222 valence electrons. The summed E-state index contributed by atoms with van der Waals surface area (Å²) in [7, 11) is -2.68. The van der Waals surface area contributed by atoms with Gasteiger partial charge in [0.15, 0.2) is 18.0 Å². The summed E-state index contributed by atoms with van der Waals surface area (Å²) in [5.74, 6) is -0.305. The largest absolute Gasteiger partial charge is 0.575 e. The van der Waals surface area contributed by atoms with Gasteiger partial charge in [-0.15, -0.1) is 0 Å². The van der Waals surface area contributed by atoms with Crippen LogP contribution in [0, 0.1) is 12.8 Å². The van der Waals surface area contributed by atoms with E-state index in [0.29, 0.717) is 12.0 Å². The summed E-state index contributed by atoms with van der Waals surface area (Å²) in [6.45, 7) is 6.62. The lowest BCUT2D eigenvalue weighted by atomic mass is 10.1. The third kappa shape index (κ3) is 7.70. The molecule has 1 aromatic heterocycles. The molecule has 16 nitrogen and oxygen atoms in total. The first kappa shape index (κ1) is 31.7. The van der Waals surface area contributed by atoms with Crippen LogP contribution in [0.5, 0.6) is 11.5 Å². The average molecular weight is 595 g/mol. The number of H-pyrrole nitrogens is 1. The van der Waals surface area contributed by atoms with Crippen LogP contribution in [0.25, 0.3) is 10.4 Å². The molecule has 1 aliphatic rings. The molecule has 0 amide bonds. The molecule has 1 aliphatic heterocycles. The second kappa shape index (κ2) is 13.7. The summed E-state index contributed by atoms with van der Waals surface area (Å²) < 4.78 is 26.7. The zero-order valence-corrected chi connectivity index (χ0v) is 23.6. The van der Waals surface area contributed by atoms with Crippen molar-refractivity contribution in [1.82, 2.24) is 9.55 Å². The van der Waals surface area contributed by atoms with Crippen LogP contribution in [0.4, 0.5) is 0 Å². The van der Waals surface area contributed by atoms with Crippen LogP contribution in [0.1, 0.15) is 39.0 Å². The number of aliphatic hydroxyl groups excluding tert-OH is 2. The van der Waals surface area contributed by atoms with Crippen LogP contribution in [0.15, 0.2) is 49.9 Å². The standard InChI is InChI=1S/C24H31N6O10P/c1-5-37-22(34)16(10-13(2)3)27-41(36)40-15-7-6-14(4)17(11-15)38-12-24(28-29-25)20(33)19(32)21(39-24)30-9-8-18(31)26-23(30)35/h6-9,11,13,16,19-21,32-33H,5,10,12H2,1-4H3,(H,26,31,35)/t16-,19+,20-,21+,24+/m0/s1. The van der Waals surface area contributed by atoms with E-state index in [1.165, 1.54) is 12.1 Å². The highest BCUT2D eigenvalue weighted by Crippen LogP contribution is 2.39. The molecular weight excluding hydrogens is 563 g/mol. The van der Waals surface area contributed by atoms with Crippen LogP contribution in [-0.4, -0.2) is 62.9 Å². The number of rotatable bonds is 12. The van der Waals surface area contributed by atoms with Crippen molar-refractivity contribution in [2.75, 3.05) is 13.2 Å². The first-order valence-electron chi connectivity index (χ1n) is 12.6. The van der Waals surface area contributed by atoms with Gasteiger partial charge in [0.1, 0.15) is 24.6 Å². The lowest BCUT2D eigenvalue weighted by Crippen LogP contribution is -2.46. The Morgan fingerprint density at radius 2 is 2.07 bits per heavy atom. The minimum atomic E-state index is -2.68. The minimum Gasteiger partial charge on any atom is -0.575 e. The fourth-order valence-corrected chi connectivity index (χ4v) is 4.76. The fourth-order valence-electron chi connectivity index (χ4n) is 4.00. The van der Waals surface area contributed by atoms with Gasteiger partial charge >= 0.3 is 19.8 Å². The van der Waals surface area contributed by atoms with Gasteiger partial charge < -0.3 is 29.3 Å². The van der Waals surface area contributed by atoms with Gasteiger partial charge in [0, 0.05) is 23.2 Å². The summed E-state index contributed by atoms with van der Waals surface area (Å²) >= 11 is 0.